The molecule has 0 saturated carbocycles. The van der Waals surface area contributed by atoms with Crippen molar-refractivity contribution in [1.82, 2.24) is 10.6 Å². The van der Waals surface area contributed by atoms with Crippen molar-refractivity contribution in [2.24, 2.45) is 5.73 Å². The third-order valence-corrected chi connectivity index (χ3v) is 4.60. The minimum absolute atomic E-state index is 0.0514. The molecule has 0 aromatic heterocycles. The molecule has 30 heavy (non-hydrogen) atoms. The SMILES string of the molecule is NCC(=O)c1ccc(NC(=S)NC(NC(=O)OCc2ccccc2)C(Cl)(Cl)Cl)cc1. The summed E-state index contributed by atoms with van der Waals surface area (Å²) in [5.74, 6) is -0.184. The molecule has 160 valence electrons. The van der Waals surface area contributed by atoms with E-state index in [9.17, 15) is 9.59 Å². The number of rotatable bonds is 7. The smallest absolute Gasteiger partial charge is 0.409 e. The Morgan fingerprint density at radius 3 is 2.23 bits per heavy atom. The van der Waals surface area contributed by atoms with Crippen LogP contribution in [0.3, 0.4) is 0 Å². The summed E-state index contributed by atoms with van der Waals surface area (Å²) in [7, 11) is 0. The Kier molecular flexibility index (Phi) is 9.13. The van der Waals surface area contributed by atoms with Crippen LogP contribution in [0.25, 0.3) is 0 Å². The zero-order valence-electron chi connectivity index (χ0n) is 15.5. The van der Waals surface area contributed by atoms with Crippen molar-refractivity contribution in [1.29, 1.82) is 0 Å². The fraction of sp³-hybridized carbons (Fsp3) is 0.211. The highest BCUT2D eigenvalue weighted by atomic mass is 35.6. The van der Waals surface area contributed by atoms with E-state index in [4.69, 9.17) is 57.5 Å². The average molecular weight is 490 g/mol. The molecule has 0 aliphatic carbocycles. The van der Waals surface area contributed by atoms with Gasteiger partial charge in [0.05, 0.1) is 6.54 Å². The van der Waals surface area contributed by atoms with Gasteiger partial charge in [0.15, 0.2) is 17.1 Å². The maximum Gasteiger partial charge on any atom is 0.409 e. The van der Waals surface area contributed by atoms with E-state index < -0.39 is 16.1 Å². The number of carbonyl (C=O) groups excluding carboxylic acids is 2. The van der Waals surface area contributed by atoms with Crippen LogP contribution in [0.15, 0.2) is 54.6 Å². The molecule has 0 bridgehead atoms. The van der Waals surface area contributed by atoms with Crippen molar-refractivity contribution in [3.05, 3.63) is 65.7 Å². The van der Waals surface area contributed by atoms with Crippen LogP contribution in [0.1, 0.15) is 15.9 Å². The van der Waals surface area contributed by atoms with Crippen LogP contribution in [-0.4, -0.2) is 33.5 Å². The maximum absolute atomic E-state index is 12.1. The van der Waals surface area contributed by atoms with E-state index in [1.165, 1.54) is 0 Å². The maximum atomic E-state index is 12.1. The fourth-order valence-corrected chi connectivity index (χ4v) is 2.80. The lowest BCUT2D eigenvalue weighted by Gasteiger charge is -2.27. The van der Waals surface area contributed by atoms with E-state index in [1.54, 1.807) is 24.3 Å². The van der Waals surface area contributed by atoms with Gasteiger partial charge in [-0.05, 0) is 42.0 Å². The van der Waals surface area contributed by atoms with Gasteiger partial charge < -0.3 is 21.1 Å². The Bertz CT molecular complexity index is 877. The van der Waals surface area contributed by atoms with Gasteiger partial charge in [-0.1, -0.05) is 65.1 Å². The monoisotopic (exact) mass is 488 g/mol. The second-order valence-electron chi connectivity index (χ2n) is 5.98. The van der Waals surface area contributed by atoms with E-state index in [2.05, 4.69) is 16.0 Å². The number of thiocarbonyl (C=S) groups is 1. The molecule has 2 aromatic carbocycles. The van der Waals surface area contributed by atoms with Crippen LogP contribution in [0.5, 0.6) is 0 Å². The van der Waals surface area contributed by atoms with Crippen LogP contribution in [0.2, 0.25) is 0 Å². The Hall–Kier alpha value is -2.10. The summed E-state index contributed by atoms with van der Waals surface area (Å²) in [4.78, 5) is 23.7. The number of hydrogen-bond acceptors (Lipinski definition) is 5. The van der Waals surface area contributed by atoms with Crippen molar-refractivity contribution < 1.29 is 14.3 Å². The Morgan fingerprint density at radius 2 is 1.67 bits per heavy atom. The highest BCUT2D eigenvalue weighted by molar-refractivity contribution is 7.80. The lowest BCUT2D eigenvalue weighted by Crippen LogP contribution is -2.56. The summed E-state index contributed by atoms with van der Waals surface area (Å²) in [5, 5.41) is 8.08. The lowest BCUT2D eigenvalue weighted by molar-refractivity contribution is 0.100. The van der Waals surface area contributed by atoms with E-state index >= 15 is 0 Å². The molecule has 0 saturated heterocycles. The number of Topliss-reactive ketones (excluding diaryl/α,β-unsaturated/α-hetero) is 1. The van der Waals surface area contributed by atoms with Gasteiger partial charge in [0.2, 0.25) is 3.79 Å². The normalized spacial score (nSPS) is 11.9. The second kappa shape index (κ2) is 11.3. The van der Waals surface area contributed by atoms with Crippen molar-refractivity contribution in [3.63, 3.8) is 0 Å². The van der Waals surface area contributed by atoms with Gasteiger partial charge in [-0.25, -0.2) is 4.79 Å². The topological polar surface area (TPSA) is 105 Å². The fourth-order valence-electron chi connectivity index (χ4n) is 2.24. The van der Waals surface area contributed by atoms with Crippen LogP contribution < -0.4 is 21.7 Å². The number of carbonyl (C=O) groups is 2. The van der Waals surface area contributed by atoms with E-state index in [0.717, 1.165) is 5.56 Å². The van der Waals surface area contributed by atoms with Gasteiger partial charge in [-0.3, -0.25) is 10.1 Å². The molecule has 1 unspecified atom stereocenters. The van der Waals surface area contributed by atoms with E-state index in [1.807, 2.05) is 30.3 Å². The molecule has 5 N–H and O–H groups in total. The van der Waals surface area contributed by atoms with Crippen molar-refractivity contribution in [3.8, 4) is 0 Å². The first-order chi connectivity index (χ1) is 14.2. The molecule has 0 spiro atoms. The largest absolute Gasteiger partial charge is 0.445 e. The van der Waals surface area contributed by atoms with Gasteiger partial charge in [-0.2, -0.15) is 0 Å². The summed E-state index contributed by atoms with van der Waals surface area (Å²) in [6.07, 6.45) is -1.97. The summed E-state index contributed by atoms with van der Waals surface area (Å²) in [6, 6.07) is 15.6. The molecule has 0 aliphatic rings. The minimum Gasteiger partial charge on any atom is -0.445 e. The molecule has 1 amide bonds. The zero-order valence-corrected chi connectivity index (χ0v) is 18.6. The molecular weight excluding hydrogens is 471 g/mol. The first kappa shape index (κ1) is 24.2. The van der Waals surface area contributed by atoms with Gasteiger partial charge >= 0.3 is 6.09 Å². The molecule has 1 atom stereocenters. The molecular formula is C19H19Cl3N4O3S. The summed E-state index contributed by atoms with van der Waals surface area (Å²) in [6.45, 7) is -0.0282. The molecule has 7 nitrogen and oxygen atoms in total. The van der Waals surface area contributed by atoms with Crippen molar-refractivity contribution >= 4 is 69.7 Å². The molecule has 2 aromatic rings. The second-order valence-corrected chi connectivity index (χ2v) is 8.76. The molecule has 0 radical (unpaired) electrons. The van der Waals surface area contributed by atoms with Crippen LogP contribution in [0.4, 0.5) is 10.5 Å². The number of amides is 1. The number of hydrogen-bond donors (Lipinski definition) is 4. The van der Waals surface area contributed by atoms with Gasteiger partial charge in [0, 0.05) is 11.3 Å². The summed E-state index contributed by atoms with van der Waals surface area (Å²) >= 11 is 23.0. The number of anilines is 1. The third kappa shape index (κ3) is 7.97. The van der Waals surface area contributed by atoms with Gasteiger partial charge in [0.1, 0.15) is 6.61 Å². The van der Waals surface area contributed by atoms with Crippen LogP contribution in [-0.2, 0) is 11.3 Å². The van der Waals surface area contributed by atoms with Crippen molar-refractivity contribution in [2.45, 2.75) is 16.6 Å². The standard InChI is InChI=1S/C19H19Cl3N4O3S/c20-19(21,22)16(26-18(28)29-11-12-4-2-1-3-5-12)25-17(30)24-14-8-6-13(7-9-14)15(27)10-23/h1-9,16H,10-11,23H2,(H,26,28)(H2,24,25,30). The number of ether oxygens (including phenoxy) is 1. The summed E-state index contributed by atoms with van der Waals surface area (Å²) in [5.41, 5.74) is 7.20. The number of nitrogens with two attached hydrogens (primary N) is 1. The number of nitrogens with one attached hydrogen (secondary N) is 3. The average Bonchev–Trinajstić information content (AvgIpc) is 2.72. The Labute approximate surface area is 194 Å². The lowest BCUT2D eigenvalue weighted by atomic mass is 10.1. The summed E-state index contributed by atoms with van der Waals surface area (Å²) < 4.78 is 3.21. The Balaban J connectivity index is 1.92. The highest BCUT2D eigenvalue weighted by Crippen LogP contribution is 2.29. The van der Waals surface area contributed by atoms with E-state index in [-0.39, 0.29) is 24.0 Å². The van der Waals surface area contributed by atoms with E-state index in [0.29, 0.717) is 11.3 Å². The first-order valence-corrected chi connectivity index (χ1v) is 10.2. The number of alkyl carbamates (subject to hydrolysis) is 1. The predicted molar refractivity (Wildman–Crippen MR) is 123 cm³/mol. The minimum atomic E-state index is -1.92. The molecule has 2 rings (SSSR count). The zero-order chi connectivity index (χ0) is 22.1. The van der Waals surface area contributed by atoms with Gasteiger partial charge in [0.25, 0.3) is 0 Å². The molecule has 11 heteroatoms. The number of benzene rings is 2. The number of ketones is 1. The van der Waals surface area contributed by atoms with Crippen LogP contribution >= 0.6 is 47.0 Å². The Morgan fingerprint density at radius 1 is 1.03 bits per heavy atom. The third-order valence-electron chi connectivity index (χ3n) is 3.73. The number of alkyl halides is 3. The first-order valence-electron chi connectivity index (χ1n) is 8.64. The van der Waals surface area contributed by atoms with Gasteiger partial charge in [-0.15, -0.1) is 0 Å². The quantitative estimate of drug-likeness (QED) is 0.203. The van der Waals surface area contributed by atoms with Crippen molar-refractivity contribution in [2.75, 3.05) is 11.9 Å². The molecule has 0 fully saturated rings. The number of halogens is 3. The van der Waals surface area contributed by atoms with Crippen LogP contribution in [0, 0.1) is 0 Å². The highest BCUT2D eigenvalue weighted by Gasteiger charge is 2.35. The predicted octanol–water partition coefficient (Wildman–Crippen LogP) is 3.74. The molecule has 0 heterocycles. The molecule has 0 aliphatic heterocycles.